The minimum absolute atomic E-state index is 0.0763. The van der Waals surface area contributed by atoms with Gasteiger partial charge in [0.25, 0.3) is 0 Å². The largest absolute Gasteiger partial charge is 0.433 e. The SMILES string of the molecule is N#Cc1ccc(C(F)(F)F)nc1N1CCN(c2ccc(N)nc2)CC1. The van der Waals surface area contributed by atoms with Crippen molar-refractivity contribution in [3.05, 3.63) is 41.7 Å². The first kappa shape index (κ1) is 16.8. The fourth-order valence-electron chi connectivity index (χ4n) is 2.70. The molecule has 3 heterocycles. The monoisotopic (exact) mass is 348 g/mol. The van der Waals surface area contributed by atoms with Crippen LogP contribution in [0.25, 0.3) is 0 Å². The molecule has 1 fully saturated rings. The Bertz CT molecular complexity index is 789. The number of nitrogen functional groups attached to an aromatic ring is 1. The van der Waals surface area contributed by atoms with Crippen LogP contribution in [-0.4, -0.2) is 36.1 Å². The molecule has 130 valence electrons. The molecule has 0 aromatic carbocycles. The van der Waals surface area contributed by atoms with E-state index < -0.39 is 11.9 Å². The fourth-order valence-corrected chi connectivity index (χ4v) is 2.70. The Balaban J connectivity index is 1.78. The predicted octanol–water partition coefficient (Wildman–Crippen LogP) is 2.28. The lowest BCUT2D eigenvalue weighted by molar-refractivity contribution is -0.141. The summed E-state index contributed by atoms with van der Waals surface area (Å²) in [7, 11) is 0. The number of hydrogen-bond acceptors (Lipinski definition) is 6. The maximum atomic E-state index is 12.9. The lowest BCUT2D eigenvalue weighted by Crippen LogP contribution is -2.47. The first-order valence-corrected chi connectivity index (χ1v) is 7.58. The Labute approximate surface area is 142 Å². The van der Waals surface area contributed by atoms with Gasteiger partial charge in [0.05, 0.1) is 17.4 Å². The molecule has 0 radical (unpaired) electrons. The summed E-state index contributed by atoms with van der Waals surface area (Å²) in [4.78, 5) is 11.5. The molecule has 0 bridgehead atoms. The van der Waals surface area contributed by atoms with Crippen molar-refractivity contribution in [1.82, 2.24) is 9.97 Å². The van der Waals surface area contributed by atoms with Gasteiger partial charge in [-0.15, -0.1) is 0 Å². The van der Waals surface area contributed by atoms with Crippen LogP contribution in [0.1, 0.15) is 11.3 Å². The number of pyridine rings is 2. The van der Waals surface area contributed by atoms with Crippen molar-refractivity contribution in [1.29, 1.82) is 5.26 Å². The second kappa shape index (κ2) is 6.47. The van der Waals surface area contributed by atoms with Gasteiger partial charge in [0.15, 0.2) is 0 Å². The van der Waals surface area contributed by atoms with Crippen molar-refractivity contribution < 1.29 is 13.2 Å². The van der Waals surface area contributed by atoms with E-state index in [1.807, 2.05) is 12.1 Å². The Morgan fingerprint density at radius 3 is 2.28 bits per heavy atom. The summed E-state index contributed by atoms with van der Waals surface area (Å²) in [5, 5.41) is 9.17. The van der Waals surface area contributed by atoms with Gasteiger partial charge >= 0.3 is 6.18 Å². The molecule has 0 amide bonds. The smallest absolute Gasteiger partial charge is 0.384 e. The Kier molecular flexibility index (Phi) is 4.35. The van der Waals surface area contributed by atoms with Crippen molar-refractivity contribution in [2.45, 2.75) is 6.18 Å². The molecule has 0 saturated carbocycles. The number of nitrogens with zero attached hydrogens (tertiary/aromatic N) is 5. The number of hydrogen-bond donors (Lipinski definition) is 1. The fraction of sp³-hybridized carbons (Fsp3) is 0.312. The molecule has 2 N–H and O–H groups in total. The van der Waals surface area contributed by atoms with Gasteiger partial charge in [-0.25, -0.2) is 9.97 Å². The van der Waals surface area contributed by atoms with Gasteiger partial charge in [-0.05, 0) is 24.3 Å². The number of halogens is 3. The second-order valence-corrected chi connectivity index (χ2v) is 5.59. The van der Waals surface area contributed by atoms with E-state index in [-0.39, 0.29) is 11.4 Å². The maximum Gasteiger partial charge on any atom is 0.433 e. The molecular formula is C16H15F3N6. The number of nitriles is 1. The van der Waals surface area contributed by atoms with Gasteiger partial charge in [0.2, 0.25) is 0 Å². The number of piperazine rings is 1. The summed E-state index contributed by atoms with van der Waals surface area (Å²) in [6.07, 6.45) is -2.88. The first-order chi connectivity index (χ1) is 11.9. The highest BCUT2D eigenvalue weighted by Gasteiger charge is 2.34. The zero-order valence-corrected chi connectivity index (χ0v) is 13.2. The van der Waals surface area contributed by atoms with Crippen LogP contribution in [0.5, 0.6) is 0 Å². The molecule has 1 saturated heterocycles. The number of anilines is 3. The third-order valence-corrected chi connectivity index (χ3v) is 4.00. The molecule has 0 spiro atoms. The standard InChI is InChI=1S/C16H15F3N6/c17-16(18,19)13-3-1-11(9-20)15(23-13)25-7-5-24(6-8-25)12-2-4-14(21)22-10-12/h1-4,10H,5-8H2,(H2,21,22). The van der Waals surface area contributed by atoms with Gasteiger partial charge in [0.1, 0.15) is 23.4 Å². The highest BCUT2D eigenvalue weighted by molar-refractivity contribution is 5.56. The number of nitrogens with two attached hydrogens (primary N) is 1. The van der Waals surface area contributed by atoms with E-state index in [0.29, 0.717) is 32.0 Å². The molecular weight excluding hydrogens is 333 g/mol. The van der Waals surface area contributed by atoms with Crippen LogP contribution in [-0.2, 0) is 6.18 Å². The van der Waals surface area contributed by atoms with Crippen molar-refractivity contribution >= 4 is 17.3 Å². The number of aromatic nitrogens is 2. The molecule has 9 heteroatoms. The van der Waals surface area contributed by atoms with Gasteiger partial charge in [0, 0.05) is 26.2 Å². The summed E-state index contributed by atoms with van der Waals surface area (Å²) in [5.41, 5.74) is 5.60. The number of rotatable bonds is 2. The van der Waals surface area contributed by atoms with Gasteiger partial charge in [-0.3, -0.25) is 0 Å². The molecule has 25 heavy (non-hydrogen) atoms. The number of alkyl halides is 3. The van der Waals surface area contributed by atoms with Crippen LogP contribution in [0.3, 0.4) is 0 Å². The highest BCUT2D eigenvalue weighted by atomic mass is 19.4. The van der Waals surface area contributed by atoms with E-state index in [1.54, 1.807) is 17.2 Å². The molecule has 3 rings (SSSR count). The van der Waals surface area contributed by atoms with Crippen LogP contribution in [0, 0.1) is 11.3 Å². The minimum atomic E-state index is -4.54. The Morgan fingerprint density at radius 2 is 1.72 bits per heavy atom. The molecule has 1 aliphatic heterocycles. The summed E-state index contributed by atoms with van der Waals surface area (Å²) in [6.45, 7) is 2.06. The molecule has 2 aromatic rings. The minimum Gasteiger partial charge on any atom is -0.384 e. The summed E-state index contributed by atoms with van der Waals surface area (Å²) < 4.78 is 38.7. The van der Waals surface area contributed by atoms with Crippen molar-refractivity contribution in [2.75, 3.05) is 41.7 Å². The summed E-state index contributed by atoms with van der Waals surface area (Å²) in [6, 6.07) is 7.46. The van der Waals surface area contributed by atoms with E-state index in [9.17, 15) is 18.4 Å². The van der Waals surface area contributed by atoms with Crippen molar-refractivity contribution in [3.8, 4) is 6.07 Å². The van der Waals surface area contributed by atoms with Crippen LogP contribution in [0.4, 0.5) is 30.5 Å². The van der Waals surface area contributed by atoms with E-state index in [4.69, 9.17) is 5.73 Å². The lowest BCUT2D eigenvalue weighted by Gasteiger charge is -2.37. The zero-order valence-electron chi connectivity index (χ0n) is 13.2. The Hall–Kier alpha value is -3.02. The van der Waals surface area contributed by atoms with Gasteiger partial charge in [-0.1, -0.05) is 0 Å². The topological polar surface area (TPSA) is 82.1 Å². The van der Waals surface area contributed by atoms with Crippen LogP contribution in [0.2, 0.25) is 0 Å². The maximum absolute atomic E-state index is 12.9. The molecule has 1 aliphatic rings. The highest BCUT2D eigenvalue weighted by Crippen LogP contribution is 2.31. The van der Waals surface area contributed by atoms with Gasteiger partial charge in [-0.2, -0.15) is 18.4 Å². The van der Waals surface area contributed by atoms with Gasteiger partial charge < -0.3 is 15.5 Å². The van der Waals surface area contributed by atoms with Crippen LogP contribution >= 0.6 is 0 Å². The lowest BCUT2D eigenvalue weighted by atomic mass is 10.2. The van der Waals surface area contributed by atoms with E-state index in [2.05, 4.69) is 14.9 Å². The third kappa shape index (κ3) is 3.57. The normalized spacial score (nSPS) is 15.1. The van der Waals surface area contributed by atoms with E-state index in [1.165, 1.54) is 6.07 Å². The van der Waals surface area contributed by atoms with Crippen LogP contribution in [0.15, 0.2) is 30.5 Å². The van der Waals surface area contributed by atoms with E-state index in [0.717, 1.165) is 11.8 Å². The molecule has 6 nitrogen and oxygen atoms in total. The van der Waals surface area contributed by atoms with Crippen molar-refractivity contribution in [2.24, 2.45) is 0 Å². The average molecular weight is 348 g/mol. The quantitative estimate of drug-likeness (QED) is 0.897. The molecule has 0 aliphatic carbocycles. The second-order valence-electron chi connectivity index (χ2n) is 5.59. The summed E-state index contributed by atoms with van der Waals surface area (Å²) >= 11 is 0. The Morgan fingerprint density at radius 1 is 1.04 bits per heavy atom. The van der Waals surface area contributed by atoms with Crippen LogP contribution < -0.4 is 15.5 Å². The summed E-state index contributed by atoms with van der Waals surface area (Å²) in [5.74, 6) is 0.501. The molecule has 0 unspecified atom stereocenters. The first-order valence-electron chi connectivity index (χ1n) is 7.58. The zero-order chi connectivity index (χ0) is 18.0. The molecule has 0 atom stereocenters. The average Bonchev–Trinajstić information content (AvgIpc) is 2.61. The van der Waals surface area contributed by atoms with Crippen molar-refractivity contribution in [3.63, 3.8) is 0 Å². The predicted molar refractivity (Wildman–Crippen MR) is 87.0 cm³/mol. The third-order valence-electron chi connectivity index (χ3n) is 4.00. The van der Waals surface area contributed by atoms with E-state index >= 15 is 0 Å². The molecule has 2 aromatic heterocycles.